The van der Waals surface area contributed by atoms with Crippen LogP contribution in [-0.4, -0.2) is 35.4 Å². The fraction of sp³-hybridized carbons (Fsp3) is 0.190. The van der Waals surface area contributed by atoms with E-state index in [0.717, 1.165) is 10.2 Å². The van der Waals surface area contributed by atoms with Gasteiger partial charge in [-0.3, -0.25) is 4.79 Å². The van der Waals surface area contributed by atoms with Crippen molar-refractivity contribution in [1.82, 2.24) is 5.32 Å². The summed E-state index contributed by atoms with van der Waals surface area (Å²) in [5.41, 5.74) is 1.44. The van der Waals surface area contributed by atoms with Crippen molar-refractivity contribution in [2.45, 2.75) is 19.4 Å². The monoisotopic (exact) mass is 490 g/mol. The van der Waals surface area contributed by atoms with Gasteiger partial charge in [0.1, 0.15) is 0 Å². The number of amidine groups is 1. The average Bonchev–Trinajstić information content (AvgIpc) is 3.06. The number of carboxylic acids is 1. The van der Waals surface area contributed by atoms with E-state index in [1.165, 1.54) is 18.9 Å². The fourth-order valence-electron chi connectivity index (χ4n) is 2.60. The topological polar surface area (TPSA) is 97.2 Å². The largest absolute Gasteiger partial charge is 0.493 e. The molecule has 1 saturated heterocycles. The van der Waals surface area contributed by atoms with Gasteiger partial charge in [-0.2, -0.15) is 0 Å². The molecule has 1 atom stereocenters. The number of nitrogens with one attached hydrogen (secondary N) is 1. The smallest absolute Gasteiger partial charge is 0.344 e. The van der Waals surface area contributed by atoms with Gasteiger partial charge in [-0.25, -0.2) is 9.79 Å². The van der Waals surface area contributed by atoms with Gasteiger partial charge in [-0.1, -0.05) is 28.9 Å². The van der Waals surface area contributed by atoms with Crippen LogP contribution in [0.5, 0.6) is 11.5 Å². The number of ether oxygens (including phenoxy) is 2. The maximum atomic E-state index is 12.3. The molecular formula is C21H19BrN2O5S. The SMILES string of the molecule is CCC(Oc1ccc(/C=C2/SC(=Nc3ccc(Br)cc3)NC2=O)cc1OC)C(=O)O. The molecule has 7 nitrogen and oxygen atoms in total. The molecule has 30 heavy (non-hydrogen) atoms. The highest BCUT2D eigenvalue weighted by molar-refractivity contribution is 9.10. The Hall–Kier alpha value is -2.78. The number of aliphatic imine (C=N–C) groups is 1. The molecule has 2 aromatic rings. The van der Waals surface area contributed by atoms with Crippen LogP contribution in [0.15, 0.2) is 56.8 Å². The highest BCUT2D eigenvalue weighted by Crippen LogP contribution is 2.33. The van der Waals surface area contributed by atoms with Gasteiger partial charge >= 0.3 is 5.97 Å². The maximum absolute atomic E-state index is 12.3. The molecule has 1 amide bonds. The Bertz CT molecular complexity index is 1020. The van der Waals surface area contributed by atoms with Gasteiger partial charge in [0.25, 0.3) is 5.91 Å². The highest BCUT2D eigenvalue weighted by atomic mass is 79.9. The minimum Gasteiger partial charge on any atom is -0.493 e. The van der Waals surface area contributed by atoms with E-state index < -0.39 is 12.1 Å². The van der Waals surface area contributed by atoms with Crippen molar-refractivity contribution in [3.05, 3.63) is 57.4 Å². The van der Waals surface area contributed by atoms with Crippen molar-refractivity contribution in [1.29, 1.82) is 0 Å². The van der Waals surface area contributed by atoms with Crippen LogP contribution in [0.1, 0.15) is 18.9 Å². The average molecular weight is 491 g/mol. The molecule has 3 rings (SSSR count). The van der Waals surface area contributed by atoms with Crippen molar-refractivity contribution in [3.8, 4) is 11.5 Å². The zero-order chi connectivity index (χ0) is 21.7. The normalized spacial score (nSPS) is 17.1. The van der Waals surface area contributed by atoms with Crippen LogP contribution in [0.25, 0.3) is 6.08 Å². The lowest BCUT2D eigenvalue weighted by Gasteiger charge is -2.16. The first-order valence-corrected chi connectivity index (χ1v) is 10.6. The number of methoxy groups -OCH3 is 1. The number of thioether (sulfide) groups is 1. The summed E-state index contributed by atoms with van der Waals surface area (Å²) in [5.74, 6) is -0.569. The third-order valence-electron chi connectivity index (χ3n) is 4.11. The lowest BCUT2D eigenvalue weighted by molar-refractivity contribution is -0.145. The van der Waals surface area contributed by atoms with E-state index in [1.54, 1.807) is 31.2 Å². The van der Waals surface area contributed by atoms with Crippen LogP contribution >= 0.6 is 27.7 Å². The lowest BCUT2D eigenvalue weighted by atomic mass is 10.1. The summed E-state index contributed by atoms with van der Waals surface area (Å²) in [7, 11) is 1.47. The minimum absolute atomic E-state index is 0.243. The molecule has 0 aromatic heterocycles. The summed E-state index contributed by atoms with van der Waals surface area (Å²) >= 11 is 4.61. The lowest BCUT2D eigenvalue weighted by Crippen LogP contribution is -2.26. The number of nitrogens with zero attached hydrogens (tertiary/aromatic N) is 1. The van der Waals surface area contributed by atoms with E-state index in [-0.39, 0.29) is 5.91 Å². The summed E-state index contributed by atoms with van der Waals surface area (Å²) in [5, 5.41) is 12.4. The van der Waals surface area contributed by atoms with Gasteiger partial charge in [-0.15, -0.1) is 0 Å². The third-order valence-corrected chi connectivity index (χ3v) is 5.55. The zero-order valence-electron chi connectivity index (χ0n) is 16.2. The summed E-state index contributed by atoms with van der Waals surface area (Å²) in [4.78, 5) is 28.4. The van der Waals surface area contributed by atoms with Crippen molar-refractivity contribution < 1.29 is 24.2 Å². The number of carbonyl (C=O) groups excluding carboxylic acids is 1. The second kappa shape index (κ2) is 9.82. The number of benzene rings is 2. The van der Waals surface area contributed by atoms with Crippen molar-refractivity contribution >= 4 is 56.5 Å². The summed E-state index contributed by atoms with van der Waals surface area (Å²) in [6.45, 7) is 1.73. The molecule has 0 saturated carbocycles. The molecule has 1 unspecified atom stereocenters. The summed E-state index contributed by atoms with van der Waals surface area (Å²) < 4.78 is 11.8. The van der Waals surface area contributed by atoms with Gasteiger partial charge in [0.2, 0.25) is 0 Å². The van der Waals surface area contributed by atoms with Crippen molar-refractivity contribution in [2.75, 3.05) is 7.11 Å². The number of amides is 1. The van der Waals surface area contributed by atoms with Crippen LogP contribution in [0.3, 0.4) is 0 Å². The van der Waals surface area contributed by atoms with E-state index >= 15 is 0 Å². The van der Waals surface area contributed by atoms with E-state index in [1.807, 2.05) is 24.3 Å². The predicted octanol–water partition coefficient (Wildman–Crippen LogP) is 4.59. The zero-order valence-corrected chi connectivity index (χ0v) is 18.6. The summed E-state index contributed by atoms with van der Waals surface area (Å²) in [6, 6.07) is 12.5. The van der Waals surface area contributed by atoms with Gasteiger partial charge in [0, 0.05) is 4.47 Å². The number of halogens is 1. The van der Waals surface area contributed by atoms with Crippen LogP contribution in [-0.2, 0) is 9.59 Å². The molecule has 1 fully saturated rings. The molecule has 1 aliphatic heterocycles. The summed E-state index contributed by atoms with van der Waals surface area (Å²) in [6.07, 6.45) is 1.07. The Labute approximate surface area is 186 Å². The van der Waals surface area contributed by atoms with Crippen molar-refractivity contribution in [2.24, 2.45) is 4.99 Å². The Balaban J connectivity index is 1.79. The molecule has 0 spiro atoms. The van der Waals surface area contributed by atoms with Crippen LogP contribution in [0, 0.1) is 0 Å². The van der Waals surface area contributed by atoms with Crippen LogP contribution in [0.2, 0.25) is 0 Å². The predicted molar refractivity (Wildman–Crippen MR) is 120 cm³/mol. The first-order valence-electron chi connectivity index (χ1n) is 9.02. The first kappa shape index (κ1) is 21.9. The quantitative estimate of drug-likeness (QED) is 0.550. The standard InChI is InChI=1S/C21H19BrN2O5S/c1-3-15(20(26)27)29-16-9-4-12(10-17(16)28-2)11-18-19(25)24-21(30-18)23-14-7-5-13(22)6-8-14/h4-11,15H,3H2,1-2H3,(H,26,27)(H,23,24,25)/b18-11+. The molecule has 0 aliphatic carbocycles. The molecular weight excluding hydrogens is 472 g/mol. The first-order chi connectivity index (χ1) is 14.4. The highest BCUT2D eigenvalue weighted by Gasteiger charge is 2.24. The number of hydrogen-bond donors (Lipinski definition) is 2. The molecule has 156 valence electrons. The van der Waals surface area contributed by atoms with Crippen LogP contribution in [0.4, 0.5) is 5.69 Å². The second-order valence-electron chi connectivity index (χ2n) is 6.22. The van der Waals surface area contributed by atoms with E-state index in [9.17, 15) is 14.7 Å². The van der Waals surface area contributed by atoms with Gasteiger partial charge in [0.15, 0.2) is 22.8 Å². The number of carboxylic acid groups (broad SMARTS) is 1. The molecule has 1 heterocycles. The van der Waals surface area contributed by atoms with Gasteiger partial charge in [-0.05, 0) is 66.2 Å². The number of carbonyl (C=O) groups is 2. The Morgan fingerprint density at radius 3 is 2.63 bits per heavy atom. The van der Waals surface area contributed by atoms with Crippen LogP contribution < -0.4 is 14.8 Å². The van der Waals surface area contributed by atoms with Gasteiger partial charge in [0.05, 0.1) is 17.7 Å². The van der Waals surface area contributed by atoms with E-state index in [0.29, 0.717) is 33.6 Å². The van der Waals surface area contributed by atoms with Gasteiger partial charge < -0.3 is 19.9 Å². The molecule has 0 radical (unpaired) electrons. The Kier molecular flexibility index (Phi) is 7.17. The molecule has 1 aliphatic rings. The number of hydrogen-bond acceptors (Lipinski definition) is 6. The molecule has 2 aromatic carbocycles. The minimum atomic E-state index is -1.04. The van der Waals surface area contributed by atoms with E-state index in [4.69, 9.17) is 9.47 Å². The van der Waals surface area contributed by atoms with E-state index in [2.05, 4.69) is 26.2 Å². The maximum Gasteiger partial charge on any atom is 0.344 e. The fourth-order valence-corrected chi connectivity index (χ4v) is 3.70. The second-order valence-corrected chi connectivity index (χ2v) is 8.17. The number of aliphatic carboxylic acids is 1. The Morgan fingerprint density at radius 2 is 2.00 bits per heavy atom. The van der Waals surface area contributed by atoms with Crippen molar-refractivity contribution in [3.63, 3.8) is 0 Å². The third kappa shape index (κ3) is 5.43. The molecule has 9 heteroatoms. The molecule has 0 bridgehead atoms. The molecule has 2 N–H and O–H groups in total. The number of rotatable bonds is 7. The Morgan fingerprint density at radius 1 is 1.27 bits per heavy atom.